The zero-order valence-corrected chi connectivity index (χ0v) is 13.8. The Hall–Kier alpha value is -2.54. The van der Waals surface area contributed by atoms with Crippen LogP contribution in [0.2, 0.25) is 0 Å². The number of hydrogen-bond donors (Lipinski definition) is 3. The molecule has 0 spiro atoms. The van der Waals surface area contributed by atoms with Crippen LogP contribution in [0, 0.1) is 0 Å². The van der Waals surface area contributed by atoms with E-state index in [9.17, 15) is 24.6 Å². The Morgan fingerprint density at radius 3 is 2.46 bits per heavy atom. The first-order chi connectivity index (χ1) is 11.5. The molecule has 0 saturated heterocycles. The van der Waals surface area contributed by atoms with Crippen LogP contribution in [0.4, 0.5) is 0 Å². The van der Waals surface area contributed by atoms with Crippen LogP contribution >= 0.6 is 11.8 Å². The largest absolute Gasteiger partial charge is 0.480 e. The second kappa shape index (κ2) is 7.83. The normalized spacial score (nSPS) is 11.9. The summed E-state index contributed by atoms with van der Waals surface area (Å²) in [5.74, 6) is -2.51. The van der Waals surface area contributed by atoms with E-state index in [1.807, 2.05) is 6.26 Å². The maximum Gasteiger partial charge on any atom is 0.336 e. The second-order valence-corrected chi connectivity index (χ2v) is 6.15. The Bertz CT molecular complexity index is 790. The van der Waals surface area contributed by atoms with Crippen molar-refractivity contribution in [1.82, 2.24) is 5.32 Å². The highest BCUT2D eigenvalue weighted by molar-refractivity contribution is 7.98. The van der Waals surface area contributed by atoms with E-state index in [0.29, 0.717) is 16.5 Å². The van der Waals surface area contributed by atoms with Crippen molar-refractivity contribution in [1.29, 1.82) is 0 Å². The van der Waals surface area contributed by atoms with E-state index < -0.39 is 23.9 Å². The van der Waals surface area contributed by atoms with Crippen molar-refractivity contribution in [3.05, 3.63) is 47.5 Å². The quantitative estimate of drug-likeness (QED) is 0.711. The van der Waals surface area contributed by atoms with Crippen molar-refractivity contribution in [3.63, 3.8) is 0 Å². The zero-order valence-electron chi connectivity index (χ0n) is 13.0. The minimum absolute atomic E-state index is 0.0176. The van der Waals surface area contributed by atoms with Crippen molar-refractivity contribution in [2.75, 3.05) is 12.0 Å². The van der Waals surface area contributed by atoms with Crippen LogP contribution in [-0.2, 0) is 4.79 Å². The molecule has 2 rings (SSSR count). The van der Waals surface area contributed by atoms with Gasteiger partial charge in [-0.25, -0.2) is 9.59 Å². The smallest absolute Gasteiger partial charge is 0.336 e. The van der Waals surface area contributed by atoms with Gasteiger partial charge in [-0.15, -0.1) is 0 Å². The van der Waals surface area contributed by atoms with Crippen molar-refractivity contribution in [2.24, 2.45) is 0 Å². The maximum atomic E-state index is 12.6. The third-order valence-electron chi connectivity index (χ3n) is 3.60. The summed E-state index contributed by atoms with van der Waals surface area (Å²) in [5.41, 5.74) is -0.170. The Balaban J connectivity index is 2.45. The van der Waals surface area contributed by atoms with Crippen molar-refractivity contribution in [3.8, 4) is 0 Å². The molecule has 1 amide bonds. The number of benzene rings is 2. The molecule has 7 heteroatoms. The van der Waals surface area contributed by atoms with Crippen LogP contribution in [0.25, 0.3) is 10.8 Å². The van der Waals surface area contributed by atoms with Crippen LogP contribution in [0.15, 0.2) is 36.4 Å². The monoisotopic (exact) mass is 347 g/mol. The molecule has 0 bridgehead atoms. The summed E-state index contributed by atoms with van der Waals surface area (Å²) in [6.07, 6.45) is 2.10. The standard InChI is InChI=1S/C17H17NO5S/c1-24-9-8-13(17(22)23)18-15(19)14-11-5-3-2-4-10(11)6-7-12(14)16(20)21/h2-7,13H,8-9H2,1H3,(H,18,19)(H,20,21)(H,22,23)/t13-/m0/s1. The Kier molecular flexibility index (Phi) is 5.81. The molecule has 1 atom stereocenters. The van der Waals surface area contributed by atoms with Gasteiger partial charge in [0.2, 0.25) is 0 Å². The Morgan fingerprint density at radius 2 is 1.83 bits per heavy atom. The predicted octanol–water partition coefficient (Wildman–Crippen LogP) is 2.47. The number of nitrogens with one attached hydrogen (secondary N) is 1. The highest BCUT2D eigenvalue weighted by Gasteiger charge is 2.25. The van der Waals surface area contributed by atoms with Gasteiger partial charge in [-0.05, 0) is 35.3 Å². The molecular formula is C17H17NO5S. The number of rotatable bonds is 7. The third kappa shape index (κ3) is 3.86. The number of hydrogen-bond acceptors (Lipinski definition) is 4. The topological polar surface area (TPSA) is 104 Å². The highest BCUT2D eigenvalue weighted by atomic mass is 32.2. The van der Waals surface area contributed by atoms with Crippen LogP contribution in [0.5, 0.6) is 0 Å². The average molecular weight is 347 g/mol. The van der Waals surface area contributed by atoms with Crippen LogP contribution < -0.4 is 5.32 Å². The third-order valence-corrected chi connectivity index (χ3v) is 4.24. The number of aliphatic carboxylic acids is 1. The van der Waals surface area contributed by atoms with Crippen LogP contribution in [0.3, 0.4) is 0 Å². The molecule has 2 aromatic rings. The molecule has 2 aromatic carbocycles. The SMILES string of the molecule is CSCC[C@H](NC(=O)c1c(C(=O)O)ccc2ccccc12)C(=O)O. The van der Waals surface area contributed by atoms with E-state index in [1.54, 1.807) is 30.3 Å². The number of fused-ring (bicyclic) bond motifs is 1. The molecule has 0 heterocycles. The van der Waals surface area contributed by atoms with Gasteiger partial charge in [-0.3, -0.25) is 4.79 Å². The van der Waals surface area contributed by atoms with E-state index in [0.717, 1.165) is 0 Å². The van der Waals surface area contributed by atoms with Gasteiger partial charge in [0.05, 0.1) is 11.1 Å². The van der Waals surface area contributed by atoms with Crippen LogP contribution in [-0.4, -0.2) is 46.1 Å². The fraction of sp³-hybridized carbons (Fsp3) is 0.235. The van der Waals surface area contributed by atoms with E-state index >= 15 is 0 Å². The molecule has 0 saturated carbocycles. The Morgan fingerprint density at radius 1 is 1.12 bits per heavy atom. The molecule has 0 aliphatic rings. The van der Waals surface area contributed by atoms with Gasteiger partial charge in [0, 0.05) is 0 Å². The number of carbonyl (C=O) groups is 3. The number of carboxylic acid groups (broad SMARTS) is 2. The number of carbonyl (C=O) groups excluding carboxylic acids is 1. The lowest BCUT2D eigenvalue weighted by molar-refractivity contribution is -0.139. The summed E-state index contributed by atoms with van der Waals surface area (Å²) in [6.45, 7) is 0. The Labute approximate surface area is 142 Å². The van der Waals surface area contributed by atoms with E-state index in [2.05, 4.69) is 5.32 Å². The highest BCUT2D eigenvalue weighted by Crippen LogP contribution is 2.23. The number of amides is 1. The fourth-order valence-corrected chi connectivity index (χ4v) is 2.89. The molecule has 6 nitrogen and oxygen atoms in total. The number of aromatic carboxylic acids is 1. The lowest BCUT2D eigenvalue weighted by Gasteiger charge is -2.16. The molecule has 0 aliphatic heterocycles. The van der Waals surface area contributed by atoms with E-state index in [1.165, 1.54) is 17.8 Å². The van der Waals surface area contributed by atoms with Gasteiger partial charge < -0.3 is 15.5 Å². The molecular weight excluding hydrogens is 330 g/mol. The molecule has 0 fully saturated rings. The van der Waals surface area contributed by atoms with E-state index in [-0.39, 0.29) is 17.5 Å². The fourth-order valence-electron chi connectivity index (χ4n) is 2.42. The molecule has 0 radical (unpaired) electrons. The minimum atomic E-state index is -1.23. The van der Waals surface area contributed by atoms with Gasteiger partial charge in [0.25, 0.3) is 5.91 Å². The summed E-state index contributed by atoms with van der Waals surface area (Å²) >= 11 is 1.47. The first-order valence-corrected chi connectivity index (χ1v) is 8.62. The second-order valence-electron chi connectivity index (χ2n) is 5.16. The summed E-state index contributed by atoms with van der Waals surface area (Å²) < 4.78 is 0. The average Bonchev–Trinajstić information content (AvgIpc) is 2.56. The molecule has 0 aromatic heterocycles. The lowest BCUT2D eigenvalue weighted by Crippen LogP contribution is -2.41. The number of carboxylic acids is 2. The van der Waals surface area contributed by atoms with Gasteiger partial charge in [-0.2, -0.15) is 11.8 Å². The van der Waals surface area contributed by atoms with E-state index in [4.69, 9.17) is 0 Å². The van der Waals surface area contributed by atoms with Gasteiger partial charge in [0.15, 0.2) is 0 Å². The first-order valence-electron chi connectivity index (χ1n) is 7.23. The van der Waals surface area contributed by atoms with Crippen molar-refractivity contribution < 1.29 is 24.6 Å². The lowest BCUT2D eigenvalue weighted by atomic mass is 9.98. The molecule has 0 unspecified atom stereocenters. The minimum Gasteiger partial charge on any atom is -0.480 e. The molecule has 0 aliphatic carbocycles. The van der Waals surface area contributed by atoms with Crippen LogP contribution in [0.1, 0.15) is 27.1 Å². The van der Waals surface area contributed by atoms with Gasteiger partial charge in [0.1, 0.15) is 6.04 Å². The molecule has 24 heavy (non-hydrogen) atoms. The van der Waals surface area contributed by atoms with Gasteiger partial charge in [-0.1, -0.05) is 30.3 Å². The van der Waals surface area contributed by atoms with Gasteiger partial charge >= 0.3 is 11.9 Å². The maximum absolute atomic E-state index is 12.6. The summed E-state index contributed by atoms with van der Waals surface area (Å²) in [5, 5.41) is 22.2. The first kappa shape index (κ1) is 17.8. The van der Waals surface area contributed by atoms with Crippen molar-refractivity contribution in [2.45, 2.75) is 12.5 Å². The predicted molar refractivity (Wildman–Crippen MR) is 92.8 cm³/mol. The zero-order chi connectivity index (χ0) is 17.7. The summed E-state index contributed by atoms with van der Waals surface area (Å²) in [6, 6.07) is 8.81. The molecule has 3 N–H and O–H groups in total. The van der Waals surface area contributed by atoms with Crippen molar-refractivity contribution >= 4 is 40.4 Å². The summed E-state index contributed by atoms with van der Waals surface area (Å²) in [4.78, 5) is 35.4. The molecule has 126 valence electrons. The summed E-state index contributed by atoms with van der Waals surface area (Å²) in [7, 11) is 0. The number of thioether (sulfide) groups is 1.